The van der Waals surface area contributed by atoms with E-state index in [2.05, 4.69) is 21.8 Å². The Morgan fingerprint density at radius 3 is 2.79 bits per heavy atom. The van der Waals surface area contributed by atoms with Gasteiger partial charge in [-0.1, -0.05) is 30.3 Å². The van der Waals surface area contributed by atoms with Crippen LogP contribution in [0, 0.1) is 11.3 Å². The number of benzene rings is 1. The molecule has 3 aromatic rings. The van der Waals surface area contributed by atoms with Crippen molar-refractivity contribution in [2.75, 3.05) is 26.2 Å². The SMILES string of the molecule is CCn1cc(-c2ccccc2[C@@H]2CN(C(=O)/C=C/C3CNCCN3)Cc3sc(C#N)cc32)c(C(F)(F)F)n1. The normalized spacial score (nSPS) is 19.9. The zero-order chi connectivity index (χ0) is 26.9. The van der Waals surface area contributed by atoms with Crippen LogP contribution in [0.4, 0.5) is 13.2 Å². The summed E-state index contributed by atoms with van der Waals surface area (Å²) in [4.78, 5) is 16.3. The van der Waals surface area contributed by atoms with Crippen LogP contribution in [0.15, 0.2) is 48.7 Å². The van der Waals surface area contributed by atoms with Gasteiger partial charge in [-0.2, -0.15) is 23.5 Å². The molecule has 0 radical (unpaired) electrons. The third-order valence-electron chi connectivity index (χ3n) is 6.90. The van der Waals surface area contributed by atoms with Crippen LogP contribution < -0.4 is 10.6 Å². The lowest BCUT2D eigenvalue weighted by molar-refractivity contribution is -0.141. The predicted octanol–water partition coefficient (Wildman–Crippen LogP) is 4.11. The van der Waals surface area contributed by atoms with Crippen LogP contribution in [0.25, 0.3) is 11.1 Å². The molecule has 1 amide bonds. The maximum Gasteiger partial charge on any atom is 0.435 e. The number of nitrogens with zero attached hydrogens (tertiary/aromatic N) is 4. The first-order valence-corrected chi connectivity index (χ1v) is 13.3. The summed E-state index contributed by atoms with van der Waals surface area (Å²) in [5, 5.41) is 20.0. The minimum Gasteiger partial charge on any atom is -0.333 e. The molecule has 11 heteroatoms. The summed E-state index contributed by atoms with van der Waals surface area (Å²) in [5.74, 6) is -0.571. The highest BCUT2D eigenvalue weighted by Crippen LogP contribution is 2.44. The summed E-state index contributed by atoms with van der Waals surface area (Å²) in [6.45, 7) is 5.09. The summed E-state index contributed by atoms with van der Waals surface area (Å²) >= 11 is 1.32. The number of amides is 1. The van der Waals surface area contributed by atoms with Crippen molar-refractivity contribution in [1.82, 2.24) is 25.3 Å². The largest absolute Gasteiger partial charge is 0.435 e. The van der Waals surface area contributed by atoms with Gasteiger partial charge in [-0.25, -0.2) is 0 Å². The smallest absolute Gasteiger partial charge is 0.333 e. The van der Waals surface area contributed by atoms with Crippen LogP contribution in [0.2, 0.25) is 0 Å². The Kier molecular flexibility index (Phi) is 7.38. The Labute approximate surface area is 222 Å². The maximum atomic E-state index is 14.0. The Morgan fingerprint density at radius 2 is 2.08 bits per heavy atom. The number of fused-ring (bicyclic) bond motifs is 1. The Morgan fingerprint density at radius 1 is 1.26 bits per heavy atom. The van der Waals surface area contributed by atoms with Gasteiger partial charge in [0.05, 0.1) is 6.54 Å². The number of nitrogens with one attached hydrogen (secondary N) is 2. The van der Waals surface area contributed by atoms with E-state index in [0.29, 0.717) is 29.1 Å². The van der Waals surface area contributed by atoms with Crippen LogP contribution >= 0.6 is 11.3 Å². The van der Waals surface area contributed by atoms with E-state index in [1.807, 2.05) is 6.08 Å². The minimum atomic E-state index is -4.62. The molecule has 2 aliphatic heterocycles. The molecule has 5 rings (SSSR count). The molecule has 2 aliphatic rings. The van der Waals surface area contributed by atoms with E-state index in [9.17, 15) is 23.2 Å². The molecule has 7 nitrogen and oxygen atoms in total. The Hall–Kier alpha value is -3.46. The van der Waals surface area contributed by atoms with Crippen molar-refractivity contribution in [3.05, 3.63) is 75.3 Å². The number of halogens is 3. The monoisotopic (exact) mass is 540 g/mol. The topological polar surface area (TPSA) is 86.0 Å². The summed E-state index contributed by atoms with van der Waals surface area (Å²) < 4.78 is 43.2. The standard InChI is InChI=1S/C27H27F3N6OS/c1-2-36-15-23(26(34-36)27(28,29)30)20-6-4-3-5-19(20)22-14-35(16-24-21(22)11-18(12-31)38-24)25(37)8-7-17-13-32-9-10-33-17/h3-8,11,15,17,22,32-33H,2,9-10,13-14,16H2,1H3/b8-7+/t17?,22-/m0/s1. The zero-order valence-corrected chi connectivity index (χ0v) is 21.6. The minimum absolute atomic E-state index is 0.00598. The average Bonchev–Trinajstić information content (AvgIpc) is 3.56. The number of carbonyl (C=O) groups excluding carboxylic acids is 1. The molecule has 1 unspecified atom stereocenters. The molecule has 2 N–H and O–H groups in total. The van der Waals surface area contributed by atoms with Gasteiger partial charge in [0.2, 0.25) is 5.91 Å². The van der Waals surface area contributed by atoms with E-state index >= 15 is 0 Å². The van der Waals surface area contributed by atoms with Gasteiger partial charge in [-0.15, -0.1) is 11.3 Å². The number of aromatic nitrogens is 2. The van der Waals surface area contributed by atoms with Crippen LogP contribution in [0.1, 0.15) is 39.4 Å². The highest BCUT2D eigenvalue weighted by Gasteiger charge is 2.39. The van der Waals surface area contributed by atoms with Crippen molar-refractivity contribution in [2.24, 2.45) is 0 Å². The summed E-state index contributed by atoms with van der Waals surface area (Å²) in [6, 6.07) is 11.0. The van der Waals surface area contributed by atoms with Gasteiger partial charge in [-0.05, 0) is 29.7 Å². The molecule has 1 fully saturated rings. The van der Waals surface area contributed by atoms with E-state index in [0.717, 1.165) is 30.1 Å². The van der Waals surface area contributed by atoms with Gasteiger partial charge in [0.15, 0.2) is 5.69 Å². The predicted molar refractivity (Wildman–Crippen MR) is 138 cm³/mol. The molecule has 1 aromatic carbocycles. The third-order valence-corrected chi connectivity index (χ3v) is 7.94. The second-order valence-corrected chi connectivity index (χ2v) is 10.5. The number of piperazine rings is 1. The van der Waals surface area contributed by atoms with Crippen LogP contribution in [-0.2, 0) is 24.1 Å². The van der Waals surface area contributed by atoms with Gasteiger partial charge in [0.1, 0.15) is 10.9 Å². The first-order chi connectivity index (χ1) is 18.3. The summed E-state index contributed by atoms with van der Waals surface area (Å²) in [5.41, 5.74) is 1.03. The molecule has 1 saturated heterocycles. The number of carbonyl (C=O) groups is 1. The number of rotatable bonds is 5. The lowest BCUT2D eigenvalue weighted by Gasteiger charge is -2.33. The average molecular weight is 541 g/mol. The molecular weight excluding hydrogens is 513 g/mol. The first kappa shape index (κ1) is 26.2. The van der Waals surface area contributed by atoms with E-state index < -0.39 is 17.8 Å². The van der Waals surface area contributed by atoms with Crippen molar-refractivity contribution in [1.29, 1.82) is 5.26 Å². The molecule has 2 aromatic heterocycles. The molecule has 4 heterocycles. The quantitative estimate of drug-likeness (QED) is 0.476. The summed E-state index contributed by atoms with van der Waals surface area (Å²) in [7, 11) is 0. The van der Waals surface area contributed by atoms with Crippen molar-refractivity contribution >= 4 is 17.2 Å². The lowest BCUT2D eigenvalue weighted by atomic mass is 9.83. The molecular formula is C27H27F3N6OS. The number of aryl methyl sites for hydroxylation is 1. The number of nitriles is 1. The van der Waals surface area contributed by atoms with Gasteiger partial charge in [-0.3, -0.25) is 9.48 Å². The number of thiophene rings is 1. The van der Waals surface area contributed by atoms with Crippen LogP contribution in [-0.4, -0.2) is 52.8 Å². The first-order valence-electron chi connectivity index (χ1n) is 12.5. The van der Waals surface area contributed by atoms with Crippen LogP contribution in [0.3, 0.4) is 0 Å². The molecule has 198 valence electrons. The fraction of sp³-hybridized carbons (Fsp3) is 0.370. The van der Waals surface area contributed by atoms with Crippen molar-refractivity contribution in [3.8, 4) is 17.2 Å². The lowest BCUT2D eigenvalue weighted by Crippen LogP contribution is -2.47. The van der Waals surface area contributed by atoms with Crippen molar-refractivity contribution in [2.45, 2.75) is 38.1 Å². The molecule has 0 spiro atoms. The number of alkyl halides is 3. The van der Waals surface area contributed by atoms with E-state index in [4.69, 9.17) is 0 Å². The van der Waals surface area contributed by atoms with Gasteiger partial charge < -0.3 is 15.5 Å². The van der Waals surface area contributed by atoms with Crippen LogP contribution in [0.5, 0.6) is 0 Å². The molecule has 2 atom stereocenters. The highest BCUT2D eigenvalue weighted by atomic mass is 32.1. The van der Waals surface area contributed by atoms with Gasteiger partial charge in [0, 0.05) is 67.4 Å². The van der Waals surface area contributed by atoms with Crippen molar-refractivity contribution < 1.29 is 18.0 Å². The fourth-order valence-corrected chi connectivity index (χ4v) is 6.09. The molecule has 0 aliphatic carbocycles. The number of hydrogen-bond donors (Lipinski definition) is 2. The highest BCUT2D eigenvalue weighted by molar-refractivity contribution is 7.12. The van der Waals surface area contributed by atoms with E-state index in [-0.39, 0.29) is 24.1 Å². The van der Waals surface area contributed by atoms with E-state index in [1.165, 1.54) is 22.2 Å². The second-order valence-electron chi connectivity index (χ2n) is 9.33. The number of hydrogen-bond acceptors (Lipinski definition) is 6. The molecule has 0 bridgehead atoms. The zero-order valence-electron chi connectivity index (χ0n) is 20.8. The van der Waals surface area contributed by atoms with Gasteiger partial charge >= 0.3 is 6.18 Å². The summed E-state index contributed by atoms with van der Waals surface area (Å²) in [6.07, 6.45) is 0.212. The third kappa shape index (κ3) is 5.25. The fourth-order valence-electron chi connectivity index (χ4n) is 5.06. The van der Waals surface area contributed by atoms with Gasteiger partial charge in [0.25, 0.3) is 0 Å². The second kappa shape index (κ2) is 10.7. The molecule has 0 saturated carbocycles. The maximum absolute atomic E-state index is 14.0. The Bertz CT molecular complexity index is 1400. The van der Waals surface area contributed by atoms with E-state index in [1.54, 1.807) is 48.2 Å². The Balaban J connectivity index is 1.54. The molecule has 38 heavy (non-hydrogen) atoms. The van der Waals surface area contributed by atoms with Crippen molar-refractivity contribution in [3.63, 3.8) is 0 Å².